The molecule has 3 rings (SSSR count). The molecule has 0 aromatic heterocycles. The molecule has 40 heavy (non-hydrogen) atoms. The maximum atomic E-state index is 14.1. The van der Waals surface area contributed by atoms with Gasteiger partial charge in [-0.25, -0.2) is 8.42 Å². The molecule has 0 aliphatic heterocycles. The van der Waals surface area contributed by atoms with Crippen LogP contribution < -0.4 is 9.62 Å². The van der Waals surface area contributed by atoms with Crippen LogP contribution in [-0.4, -0.2) is 44.3 Å². The number of nitrogens with zero attached hydrogens (tertiary/aromatic N) is 2. The first kappa shape index (κ1) is 31.7. The zero-order valence-electron chi connectivity index (χ0n) is 22.5. The number of hydrogen-bond donors (Lipinski definition) is 1. The first-order chi connectivity index (χ1) is 19.0. The Balaban J connectivity index is 2.08. The van der Waals surface area contributed by atoms with Crippen molar-refractivity contribution in [2.75, 3.05) is 17.4 Å². The summed E-state index contributed by atoms with van der Waals surface area (Å²) in [6.07, 6.45) is 1.03. The molecule has 11 heteroatoms. The molecular weight excluding hydrogens is 593 g/mol. The van der Waals surface area contributed by atoms with Crippen LogP contribution in [0, 0.1) is 6.92 Å². The van der Waals surface area contributed by atoms with E-state index in [1.54, 1.807) is 56.3 Å². The van der Waals surface area contributed by atoms with Gasteiger partial charge in [-0.15, -0.1) is 0 Å². The molecule has 0 aliphatic carbocycles. The molecule has 7 nitrogen and oxygen atoms in total. The summed E-state index contributed by atoms with van der Waals surface area (Å²) in [6.45, 7) is 5.37. The number of benzene rings is 3. The summed E-state index contributed by atoms with van der Waals surface area (Å²) >= 11 is 18.5. The lowest BCUT2D eigenvalue weighted by Crippen LogP contribution is -2.52. The quantitative estimate of drug-likeness (QED) is 0.250. The number of aryl methyl sites for hydroxylation is 1. The molecule has 0 spiro atoms. The fourth-order valence-corrected chi connectivity index (χ4v) is 6.28. The predicted molar refractivity (Wildman–Crippen MR) is 162 cm³/mol. The highest BCUT2D eigenvalue weighted by molar-refractivity contribution is 7.92. The van der Waals surface area contributed by atoms with Gasteiger partial charge in [-0.3, -0.25) is 13.9 Å². The van der Waals surface area contributed by atoms with E-state index >= 15 is 0 Å². The third-order valence-corrected chi connectivity index (χ3v) is 8.97. The van der Waals surface area contributed by atoms with Gasteiger partial charge in [0.2, 0.25) is 11.8 Å². The van der Waals surface area contributed by atoms with Gasteiger partial charge in [-0.1, -0.05) is 72.9 Å². The minimum absolute atomic E-state index is 0.0184. The topological polar surface area (TPSA) is 86.8 Å². The van der Waals surface area contributed by atoms with Gasteiger partial charge in [0.15, 0.2) is 0 Å². The number of hydrogen-bond acceptors (Lipinski definition) is 4. The van der Waals surface area contributed by atoms with E-state index in [4.69, 9.17) is 34.8 Å². The van der Waals surface area contributed by atoms with Crippen LogP contribution in [0.3, 0.4) is 0 Å². The summed E-state index contributed by atoms with van der Waals surface area (Å²) < 4.78 is 28.9. The third kappa shape index (κ3) is 7.69. The van der Waals surface area contributed by atoms with Crippen LogP contribution in [0.4, 0.5) is 5.69 Å². The van der Waals surface area contributed by atoms with Gasteiger partial charge in [0.05, 0.1) is 10.6 Å². The number of para-hydroxylation sites is 1. The van der Waals surface area contributed by atoms with Crippen molar-refractivity contribution in [3.8, 4) is 0 Å². The summed E-state index contributed by atoms with van der Waals surface area (Å²) in [7, 11) is -4.19. The zero-order chi connectivity index (χ0) is 29.4. The zero-order valence-corrected chi connectivity index (χ0v) is 25.6. The third-order valence-electron chi connectivity index (χ3n) is 6.36. The lowest BCUT2D eigenvalue weighted by atomic mass is 10.1. The Labute approximate surface area is 251 Å². The van der Waals surface area contributed by atoms with Crippen LogP contribution in [-0.2, 0) is 26.2 Å². The van der Waals surface area contributed by atoms with E-state index in [9.17, 15) is 18.0 Å². The first-order valence-corrected chi connectivity index (χ1v) is 15.4. The number of carbonyl (C=O) groups is 2. The number of sulfonamides is 1. The molecule has 2 amide bonds. The van der Waals surface area contributed by atoms with Crippen molar-refractivity contribution < 1.29 is 18.0 Å². The second-order valence-electron chi connectivity index (χ2n) is 9.22. The van der Waals surface area contributed by atoms with Gasteiger partial charge in [0, 0.05) is 28.2 Å². The second kappa shape index (κ2) is 14.2. The molecule has 0 saturated heterocycles. The summed E-state index contributed by atoms with van der Waals surface area (Å²) in [5.41, 5.74) is 1.58. The molecule has 0 bridgehead atoms. The van der Waals surface area contributed by atoms with Crippen molar-refractivity contribution in [1.82, 2.24) is 10.2 Å². The van der Waals surface area contributed by atoms with E-state index in [-0.39, 0.29) is 17.3 Å². The average molecular weight is 625 g/mol. The molecule has 214 valence electrons. The van der Waals surface area contributed by atoms with E-state index in [2.05, 4.69) is 5.32 Å². The van der Waals surface area contributed by atoms with E-state index in [0.717, 1.165) is 10.7 Å². The molecule has 0 fully saturated rings. The van der Waals surface area contributed by atoms with Crippen LogP contribution in [0.5, 0.6) is 0 Å². The SMILES string of the molecule is CCCNC(=O)[C@H](CC)N(Cc1ccc(Cl)cc1Cl)C(=O)CN(c1ccccc1C)S(=O)(=O)c1ccc(Cl)cc1. The molecule has 1 atom stereocenters. The smallest absolute Gasteiger partial charge is 0.264 e. The Hall–Kier alpha value is -2.78. The standard InChI is InChI=1S/C29H32Cl3N3O4S/c1-4-16-33-29(37)26(5-2)34(18-21-10-11-23(31)17-25(21)32)28(36)19-35(27-9-7-6-8-20(27)3)40(38,39)24-14-12-22(30)13-15-24/h6-15,17,26H,4-5,16,18-19H2,1-3H3,(H,33,37)/t26-/m0/s1. The maximum absolute atomic E-state index is 14.1. The van der Waals surface area contributed by atoms with Crippen LogP contribution in [0.1, 0.15) is 37.8 Å². The molecule has 1 N–H and O–H groups in total. The van der Waals surface area contributed by atoms with Crippen molar-refractivity contribution in [3.05, 3.63) is 92.9 Å². The molecule has 0 saturated carbocycles. The van der Waals surface area contributed by atoms with E-state index in [1.807, 2.05) is 6.92 Å². The molecule has 0 unspecified atom stereocenters. The average Bonchev–Trinajstić information content (AvgIpc) is 2.92. The van der Waals surface area contributed by atoms with Crippen LogP contribution in [0.25, 0.3) is 0 Å². The van der Waals surface area contributed by atoms with Crippen molar-refractivity contribution in [2.45, 2.75) is 51.1 Å². The number of anilines is 1. The molecule has 0 aliphatic rings. The van der Waals surface area contributed by atoms with Crippen molar-refractivity contribution in [1.29, 1.82) is 0 Å². The van der Waals surface area contributed by atoms with E-state index < -0.39 is 28.5 Å². The van der Waals surface area contributed by atoms with Crippen LogP contribution >= 0.6 is 34.8 Å². The molecular formula is C29H32Cl3N3O4S. The van der Waals surface area contributed by atoms with Crippen molar-refractivity contribution >= 4 is 62.3 Å². The fraction of sp³-hybridized carbons (Fsp3) is 0.310. The Morgan fingerprint density at radius 1 is 0.925 bits per heavy atom. The highest BCUT2D eigenvalue weighted by atomic mass is 35.5. The van der Waals surface area contributed by atoms with Gasteiger partial charge >= 0.3 is 0 Å². The Morgan fingerprint density at radius 2 is 1.57 bits per heavy atom. The van der Waals surface area contributed by atoms with Gasteiger partial charge < -0.3 is 10.2 Å². The molecule has 0 radical (unpaired) electrons. The minimum atomic E-state index is -4.19. The fourth-order valence-electron chi connectivity index (χ4n) is 4.21. The highest BCUT2D eigenvalue weighted by Gasteiger charge is 2.34. The van der Waals surface area contributed by atoms with E-state index in [1.165, 1.54) is 29.2 Å². The number of rotatable bonds is 12. The highest BCUT2D eigenvalue weighted by Crippen LogP contribution is 2.29. The van der Waals surface area contributed by atoms with E-state index in [0.29, 0.717) is 44.8 Å². The van der Waals surface area contributed by atoms with Crippen molar-refractivity contribution in [3.63, 3.8) is 0 Å². The molecule has 3 aromatic carbocycles. The molecule has 0 heterocycles. The number of amides is 2. The van der Waals surface area contributed by atoms with Crippen LogP contribution in [0.2, 0.25) is 15.1 Å². The van der Waals surface area contributed by atoms with Crippen molar-refractivity contribution in [2.24, 2.45) is 0 Å². The lowest BCUT2D eigenvalue weighted by Gasteiger charge is -2.33. The van der Waals surface area contributed by atoms with Gasteiger partial charge in [-0.05, 0) is 73.4 Å². The molecule has 3 aromatic rings. The van der Waals surface area contributed by atoms with Gasteiger partial charge in [0.25, 0.3) is 10.0 Å². The number of nitrogens with one attached hydrogen (secondary N) is 1. The lowest BCUT2D eigenvalue weighted by molar-refractivity contribution is -0.140. The Bertz CT molecular complexity index is 1450. The monoisotopic (exact) mass is 623 g/mol. The minimum Gasteiger partial charge on any atom is -0.354 e. The number of halogens is 3. The summed E-state index contributed by atoms with van der Waals surface area (Å²) in [5.74, 6) is -0.893. The van der Waals surface area contributed by atoms with Crippen LogP contribution in [0.15, 0.2) is 71.6 Å². The summed E-state index contributed by atoms with van der Waals surface area (Å²) in [4.78, 5) is 28.6. The normalized spacial score (nSPS) is 12.1. The van der Waals surface area contributed by atoms with Gasteiger partial charge in [0.1, 0.15) is 12.6 Å². The Kier molecular flexibility index (Phi) is 11.3. The van der Waals surface area contributed by atoms with Gasteiger partial charge in [-0.2, -0.15) is 0 Å². The summed E-state index contributed by atoms with van der Waals surface area (Å²) in [6, 6.07) is 16.7. The predicted octanol–water partition coefficient (Wildman–Crippen LogP) is 6.48. The Morgan fingerprint density at radius 3 is 2.17 bits per heavy atom. The first-order valence-electron chi connectivity index (χ1n) is 12.8. The summed E-state index contributed by atoms with van der Waals surface area (Å²) in [5, 5.41) is 4.00. The second-order valence-corrected chi connectivity index (χ2v) is 12.4. The maximum Gasteiger partial charge on any atom is 0.264 e. The largest absolute Gasteiger partial charge is 0.354 e. The number of carbonyl (C=O) groups excluding carboxylic acids is 2.